The van der Waals surface area contributed by atoms with Gasteiger partial charge in [-0.15, -0.1) is 0 Å². The molecule has 1 rings (SSSR count). The quantitative estimate of drug-likeness (QED) is 0.838. The standard InChI is InChI=1S/C10H8ClF4NO2/c11-6-2-1-3-7(12)5(6)4-9(16,8(17)18)10(13,14)15/h1-3H,4,16H2,(H,17,18). The average molecular weight is 286 g/mol. The first-order chi connectivity index (χ1) is 8.09. The average Bonchev–Trinajstić information content (AvgIpc) is 2.21. The van der Waals surface area contributed by atoms with Gasteiger partial charge in [0.2, 0.25) is 5.54 Å². The van der Waals surface area contributed by atoms with Crippen LogP contribution in [0.4, 0.5) is 17.6 Å². The summed E-state index contributed by atoms with van der Waals surface area (Å²) in [6.45, 7) is 0. The summed E-state index contributed by atoms with van der Waals surface area (Å²) in [5.41, 5.74) is 0.671. The first kappa shape index (κ1) is 14.7. The van der Waals surface area contributed by atoms with E-state index in [0.29, 0.717) is 0 Å². The molecule has 0 radical (unpaired) electrons. The number of carboxylic acid groups (broad SMARTS) is 1. The molecule has 1 unspecified atom stereocenters. The van der Waals surface area contributed by atoms with Crippen LogP contribution < -0.4 is 5.73 Å². The topological polar surface area (TPSA) is 63.3 Å². The summed E-state index contributed by atoms with van der Waals surface area (Å²) in [6.07, 6.45) is -6.51. The van der Waals surface area contributed by atoms with Crippen LogP contribution in [-0.2, 0) is 11.2 Å². The van der Waals surface area contributed by atoms with Crippen molar-refractivity contribution in [3.05, 3.63) is 34.6 Å². The Morgan fingerprint density at radius 1 is 1.39 bits per heavy atom. The predicted octanol–water partition coefficient (Wildman–Crippen LogP) is 2.37. The molecule has 3 N–H and O–H groups in total. The number of alkyl halides is 3. The van der Waals surface area contributed by atoms with Gasteiger partial charge in [-0.25, -0.2) is 9.18 Å². The van der Waals surface area contributed by atoms with Crippen LogP contribution >= 0.6 is 11.6 Å². The Hall–Kier alpha value is -1.34. The molecule has 0 saturated carbocycles. The van der Waals surface area contributed by atoms with Gasteiger partial charge >= 0.3 is 12.1 Å². The zero-order valence-electron chi connectivity index (χ0n) is 8.76. The Bertz CT molecular complexity index is 457. The molecule has 0 aliphatic rings. The molecule has 100 valence electrons. The van der Waals surface area contributed by atoms with Gasteiger partial charge in [-0.05, 0) is 12.1 Å². The highest BCUT2D eigenvalue weighted by molar-refractivity contribution is 6.31. The van der Waals surface area contributed by atoms with Crippen LogP contribution in [0.5, 0.6) is 0 Å². The van der Waals surface area contributed by atoms with Gasteiger partial charge in [-0.1, -0.05) is 17.7 Å². The lowest BCUT2D eigenvalue weighted by molar-refractivity contribution is -0.201. The van der Waals surface area contributed by atoms with Crippen molar-refractivity contribution in [1.29, 1.82) is 0 Å². The van der Waals surface area contributed by atoms with E-state index >= 15 is 0 Å². The molecular weight excluding hydrogens is 278 g/mol. The number of rotatable bonds is 3. The molecule has 0 aliphatic carbocycles. The molecule has 8 heteroatoms. The molecule has 0 spiro atoms. The van der Waals surface area contributed by atoms with Gasteiger partial charge in [0.05, 0.1) is 0 Å². The smallest absolute Gasteiger partial charge is 0.417 e. The summed E-state index contributed by atoms with van der Waals surface area (Å²) in [6, 6.07) is 3.21. The Kier molecular flexibility index (Phi) is 3.87. The van der Waals surface area contributed by atoms with E-state index in [1.807, 2.05) is 0 Å². The minimum atomic E-state index is -5.23. The van der Waals surface area contributed by atoms with Crippen LogP contribution in [0.2, 0.25) is 5.02 Å². The summed E-state index contributed by atoms with van der Waals surface area (Å²) >= 11 is 5.53. The fraction of sp³-hybridized carbons (Fsp3) is 0.300. The van der Waals surface area contributed by atoms with E-state index in [4.69, 9.17) is 22.4 Å². The summed E-state index contributed by atoms with van der Waals surface area (Å²) < 4.78 is 51.2. The van der Waals surface area contributed by atoms with Gasteiger partial charge in [0.15, 0.2) is 0 Å². The lowest BCUT2D eigenvalue weighted by Crippen LogP contribution is -2.61. The van der Waals surface area contributed by atoms with Gasteiger partial charge < -0.3 is 10.8 Å². The van der Waals surface area contributed by atoms with Gasteiger partial charge in [0.1, 0.15) is 5.82 Å². The molecule has 0 bridgehead atoms. The highest BCUT2D eigenvalue weighted by atomic mass is 35.5. The number of nitrogens with two attached hydrogens (primary N) is 1. The minimum Gasteiger partial charge on any atom is -0.480 e. The Morgan fingerprint density at radius 3 is 2.33 bits per heavy atom. The summed E-state index contributed by atoms with van der Waals surface area (Å²) in [5.74, 6) is -3.34. The van der Waals surface area contributed by atoms with Crippen LogP contribution in [-0.4, -0.2) is 22.8 Å². The Labute approximate surface area is 104 Å². The maximum atomic E-state index is 13.3. The zero-order valence-corrected chi connectivity index (χ0v) is 9.52. The number of hydrogen-bond donors (Lipinski definition) is 2. The predicted molar refractivity (Wildman–Crippen MR) is 55.7 cm³/mol. The molecular formula is C10H8ClF4NO2. The van der Waals surface area contributed by atoms with Crippen molar-refractivity contribution in [2.45, 2.75) is 18.1 Å². The molecule has 0 aromatic heterocycles. The SMILES string of the molecule is NC(Cc1c(F)cccc1Cl)(C(=O)O)C(F)(F)F. The van der Waals surface area contributed by atoms with Crippen molar-refractivity contribution < 1.29 is 27.5 Å². The molecule has 0 saturated heterocycles. The highest BCUT2D eigenvalue weighted by Crippen LogP contribution is 2.34. The number of carboxylic acids is 1. The van der Waals surface area contributed by atoms with Crippen LogP contribution in [0.15, 0.2) is 18.2 Å². The van der Waals surface area contributed by atoms with Crippen LogP contribution in [0.1, 0.15) is 5.56 Å². The normalized spacial score (nSPS) is 15.2. The molecule has 3 nitrogen and oxygen atoms in total. The number of benzene rings is 1. The van der Waals surface area contributed by atoms with E-state index in [2.05, 4.69) is 0 Å². The molecule has 0 fully saturated rings. The molecule has 18 heavy (non-hydrogen) atoms. The summed E-state index contributed by atoms with van der Waals surface area (Å²) in [4.78, 5) is 10.7. The van der Waals surface area contributed by atoms with Crippen LogP contribution in [0.3, 0.4) is 0 Å². The second-order valence-electron chi connectivity index (χ2n) is 3.65. The van der Waals surface area contributed by atoms with Crippen molar-refractivity contribution in [2.75, 3.05) is 0 Å². The number of carbonyl (C=O) groups is 1. The van der Waals surface area contributed by atoms with E-state index in [1.165, 1.54) is 6.07 Å². The molecule has 0 amide bonds. The highest BCUT2D eigenvalue weighted by Gasteiger charge is 2.58. The van der Waals surface area contributed by atoms with Crippen molar-refractivity contribution in [3.63, 3.8) is 0 Å². The third kappa shape index (κ3) is 2.56. The fourth-order valence-corrected chi connectivity index (χ4v) is 1.51. The van der Waals surface area contributed by atoms with E-state index < -0.39 is 35.5 Å². The summed E-state index contributed by atoms with van der Waals surface area (Å²) in [5, 5.41) is 8.29. The third-order valence-electron chi connectivity index (χ3n) is 2.40. The molecule has 1 aromatic rings. The first-order valence-electron chi connectivity index (χ1n) is 4.61. The van der Waals surface area contributed by atoms with Crippen molar-refractivity contribution >= 4 is 17.6 Å². The van der Waals surface area contributed by atoms with E-state index in [0.717, 1.165) is 12.1 Å². The maximum absolute atomic E-state index is 13.3. The van der Waals surface area contributed by atoms with E-state index in [1.54, 1.807) is 0 Å². The van der Waals surface area contributed by atoms with E-state index in [9.17, 15) is 22.4 Å². The van der Waals surface area contributed by atoms with Gasteiger partial charge in [-0.3, -0.25) is 0 Å². The van der Waals surface area contributed by atoms with Crippen molar-refractivity contribution in [2.24, 2.45) is 5.73 Å². The lowest BCUT2D eigenvalue weighted by atomic mass is 9.91. The number of aliphatic carboxylic acids is 1. The molecule has 1 aromatic carbocycles. The van der Waals surface area contributed by atoms with Gasteiger partial charge in [0, 0.05) is 17.0 Å². The minimum absolute atomic E-state index is 0.310. The largest absolute Gasteiger partial charge is 0.480 e. The van der Waals surface area contributed by atoms with Crippen LogP contribution in [0, 0.1) is 5.82 Å². The van der Waals surface area contributed by atoms with E-state index in [-0.39, 0.29) is 5.02 Å². The maximum Gasteiger partial charge on any atom is 0.417 e. The number of hydrogen-bond acceptors (Lipinski definition) is 2. The molecule has 0 heterocycles. The first-order valence-corrected chi connectivity index (χ1v) is 4.99. The second kappa shape index (κ2) is 4.74. The number of halogens is 5. The second-order valence-corrected chi connectivity index (χ2v) is 4.06. The fourth-order valence-electron chi connectivity index (χ4n) is 1.28. The van der Waals surface area contributed by atoms with Crippen molar-refractivity contribution in [3.8, 4) is 0 Å². The van der Waals surface area contributed by atoms with Crippen LogP contribution in [0.25, 0.3) is 0 Å². The Morgan fingerprint density at radius 2 is 1.94 bits per heavy atom. The van der Waals surface area contributed by atoms with Crippen molar-refractivity contribution in [1.82, 2.24) is 0 Å². The van der Waals surface area contributed by atoms with Gasteiger partial charge in [0.25, 0.3) is 0 Å². The molecule has 1 atom stereocenters. The molecule has 0 aliphatic heterocycles. The third-order valence-corrected chi connectivity index (χ3v) is 2.76. The zero-order chi connectivity index (χ0) is 14.1. The lowest BCUT2D eigenvalue weighted by Gasteiger charge is -2.27. The van der Waals surface area contributed by atoms with Gasteiger partial charge in [-0.2, -0.15) is 13.2 Å². The Balaban J connectivity index is 3.25. The summed E-state index contributed by atoms with van der Waals surface area (Å²) in [7, 11) is 0. The monoisotopic (exact) mass is 285 g/mol.